The minimum atomic E-state index is -0.495. The van der Waals surface area contributed by atoms with Crippen LogP contribution in [0.5, 0.6) is 5.75 Å². The zero-order valence-electron chi connectivity index (χ0n) is 15.8. The maximum Gasteiger partial charge on any atom is 0.345 e. The fourth-order valence-electron chi connectivity index (χ4n) is 3.19. The molecule has 0 saturated carbocycles. The smallest absolute Gasteiger partial charge is 0.345 e. The lowest BCUT2D eigenvalue weighted by molar-refractivity contribution is -0.150. The SMILES string of the molecule is Cc1cc(C)c(OCC(=O)O[C@@H](c2ccccc2)c2ccncc2)c(C)c1. The van der Waals surface area contributed by atoms with E-state index in [0.29, 0.717) is 0 Å². The van der Waals surface area contributed by atoms with Gasteiger partial charge in [0.15, 0.2) is 12.7 Å². The molecule has 0 aliphatic carbocycles. The quantitative estimate of drug-likeness (QED) is 0.596. The first kappa shape index (κ1) is 18.6. The van der Waals surface area contributed by atoms with Crippen LogP contribution in [0.2, 0.25) is 0 Å². The highest BCUT2D eigenvalue weighted by atomic mass is 16.6. The van der Waals surface area contributed by atoms with Crippen LogP contribution in [0.25, 0.3) is 0 Å². The Morgan fingerprint density at radius 2 is 1.52 bits per heavy atom. The Kier molecular flexibility index (Phi) is 5.87. The summed E-state index contributed by atoms with van der Waals surface area (Å²) in [5.74, 6) is 0.317. The Morgan fingerprint density at radius 3 is 2.15 bits per heavy atom. The number of ether oxygens (including phenoxy) is 2. The van der Waals surface area contributed by atoms with Gasteiger partial charge in [0.25, 0.3) is 0 Å². The molecule has 4 nitrogen and oxygen atoms in total. The van der Waals surface area contributed by atoms with Gasteiger partial charge in [0.2, 0.25) is 0 Å². The Bertz CT molecular complexity index is 845. The van der Waals surface area contributed by atoms with Gasteiger partial charge in [-0.2, -0.15) is 0 Å². The number of carbonyl (C=O) groups is 1. The van der Waals surface area contributed by atoms with Gasteiger partial charge in [-0.1, -0.05) is 48.0 Å². The summed E-state index contributed by atoms with van der Waals surface area (Å²) in [7, 11) is 0. The molecule has 0 fully saturated rings. The minimum absolute atomic E-state index is 0.140. The molecule has 3 aromatic rings. The molecule has 0 unspecified atom stereocenters. The van der Waals surface area contributed by atoms with E-state index in [9.17, 15) is 4.79 Å². The lowest BCUT2D eigenvalue weighted by Gasteiger charge is -2.19. The summed E-state index contributed by atoms with van der Waals surface area (Å²) in [4.78, 5) is 16.5. The number of esters is 1. The van der Waals surface area contributed by atoms with E-state index in [1.165, 1.54) is 5.56 Å². The average Bonchev–Trinajstić information content (AvgIpc) is 2.66. The van der Waals surface area contributed by atoms with E-state index in [-0.39, 0.29) is 6.61 Å². The Labute approximate surface area is 159 Å². The average molecular weight is 361 g/mol. The molecule has 0 amide bonds. The monoisotopic (exact) mass is 361 g/mol. The van der Waals surface area contributed by atoms with Gasteiger partial charge in [0.05, 0.1) is 0 Å². The maximum absolute atomic E-state index is 12.5. The van der Waals surface area contributed by atoms with E-state index in [2.05, 4.69) is 4.98 Å². The number of rotatable bonds is 6. The summed E-state index contributed by atoms with van der Waals surface area (Å²) in [5.41, 5.74) is 4.96. The maximum atomic E-state index is 12.5. The van der Waals surface area contributed by atoms with Crippen LogP contribution in [-0.4, -0.2) is 17.6 Å². The molecule has 1 atom stereocenters. The summed E-state index contributed by atoms with van der Waals surface area (Å²) >= 11 is 0. The molecule has 2 aromatic carbocycles. The zero-order valence-corrected chi connectivity index (χ0v) is 15.8. The molecule has 0 aliphatic rings. The van der Waals surface area contributed by atoms with Gasteiger partial charge in [-0.05, 0) is 49.6 Å². The molecule has 0 aliphatic heterocycles. The number of hydrogen-bond acceptors (Lipinski definition) is 4. The third kappa shape index (κ3) is 4.73. The summed E-state index contributed by atoms with van der Waals surface area (Å²) in [6.45, 7) is 5.85. The van der Waals surface area contributed by atoms with E-state index in [1.807, 2.05) is 75.4 Å². The van der Waals surface area contributed by atoms with E-state index >= 15 is 0 Å². The fraction of sp³-hybridized carbons (Fsp3) is 0.217. The van der Waals surface area contributed by atoms with Crippen LogP contribution in [0.3, 0.4) is 0 Å². The van der Waals surface area contributed by atoms with Crippen LogP contribution in [0.15, 0.2) is 67.0 Å². The summed E-state index contributed by atoms with van der Waals surface area (Å²) in [6.07, 6.45) is 2.88. The molecular weight excluding hydrogens is 338 g/mol. The van der Waals surface area contributed by atoms with E-state index in [0.717, 1.165) is 28.0 Å². The highest BCUT2D eigenvalue weighted by molar-refractivity contribution is 5.72. The molecule has 0 N–H and O–H groups in total. The second-order valence-electron chi connectivity index (χ2n) is 6.58. The fourth-order valence-corrected chi connectivity index (χ4v) is 3.19. The van der Waals surface area contributed by atoms with E-state index in [1.54, 1.807) is 12.4 Å². The molecule has 0 bridgehead atoms. The first-order valence-electron chi connectivity index (χ1n) is 8.89. The number of aromatic nitrogens is 1. The van der Waals surface area contributed by atoms with Gasteiger partial charge in [0, 0.05) is 18.0 Å². The number of benzene rings is 2. The molecular formula is C23H23NO3. The first-order chi connectivity index (χ1) is 13.0. The van der Waals surface area contributed by atoms with Crippen LogP contribution in [0, 0.1) is 20.8 Å². The third-order valence-electron chi connectivity index (χ3n) is 4.30. The van der Waals surface area contributed by atoms with Gasteiger partial charge < -0.3 is 9.47 Å². The minimum Gasteiger partial charge on any atom is -0.481 e. The van der Waals surface area contributed by atoms with Crippen molar-refractivity contribution >= 4 is 5.97 Å². The van der Waals surface area contributed by atoms with Crippen LogP contribution in [0.4, 0.5) is 0 Å². The van der Waals surface area contributed by atoms with Crippen molar-refractivity contribution in [2.24, 2.45) is 0 Å². The van der Waals surface area contributed by atoms with Crippen LogP contribution >= 0.6 is 0 Å². The zero-order chi connectivity index (χ0) is 19.2. The molecule has 0 spiro atoms. The van der Waals surface area contributed by atoms with Gasteiger partial charge in [0.1, 0.15) is 5.75 Å². The predicted octanol–water partition coefficient (Wildman–Crippen LogP) is 4.72. The number of pyridine rings is 1. The predicted molar refractivity (Wildman–Crippen MR) is 105 cm³/mol. The first-order valence-corrected chi connectivity index (χ1v) is 8.89. The molecule has 27 heavy (non-hydrogen) atoms. The van der Waals surface area contributed by atoms with Crippen molar-refractivity contribution in [2.75, 3.05) is 6.61 Å². The van der Waals surface area contributed by atoms with E-state index in [4.69, 9.17) is 9.47 Å². The number of aryl methyl sites for hydroxylation is 3. The summed E-state index contributed by atoms with van der Waals surface area (Å²) < 4.78 is 11.5. The number of nitrogens with zero attached hydrogens (tertiary/aromatic N) is 1. The van der Waals surface area contributed by atoms with Gasteiger partial charge >= 0.3 is 5.97 Å². The van der Waals surface area contributed by atoms with Crippen molar-refractivity contribution in [3.05, 3.63) is 94.8 Å². The molecule has 0 saturated heterocycles. The number of carbonyl (C=O) groups excluding carboxylic acids is 1. The molecule has 4 heteroatoms. The number of hydrogen-bond donors (Lipinski definition) is 0. The van der Waals surface area contributed by atoms with Crippen molar-refractivity contribution in [1.82, 2.24) is 4.98 Å². The second kappa shape index (κ2) is 8.49. The Hall–Kier alpha value is -3.14. The largest absolute Gasteiger partial charge is 0.481 e. The molecule has 0 radical (unpaired) electrons. The third-order valence-corrected chi connectivity index (χ3v) is 4.30. The van der Waals surface area contributed by atoms with Crippen molar-refractivity contribution < 1.29 is 14.3 Å². The normalized spacial score (nSPS) is 11.7. The molecule has 1 heterocycles. The van der Waals surface area contributed by atoms with Crippen molar-refractivity contribution in [3.63, 3.8) is 0 Å². The second-order valence-corrected chi connectivity index (χ2v) is 6.58. The Morgan fingerprint density at radius 1 is 0.926 bits per heavy atom. The highest BCUT2D eigenvalue weighted by Gasteiger charge is 2.19. The van der Waals surface area contributed by atoms with Gasteiger partial charge in [-0.25, -0.2) is 4.79 Å². The molecule has 1 aromatic heterocycles. The Balaban J connectivity index is 1.74. The van der Waals surface area contributed by atoms with Crippen LogP contribution in [-0.2, 0) is 9.53 Å². The topological polar surface area (TPSA) is 48.4 Å². The lowest BCUT2D eigenvalue weighted by Crippen LogP contribution is -2.19. The van der Waals surface area contributed by atoms with Crippen LogP contribution < -0.4 is 4.74 Å². The summed E-state index contributed by atoms with van der Waals surface area (Å²) in [6, 6.07) is 17.4. The van der Waals surface area contributed by atoms with Crippen molar-refractivity contribution in [3.8, 4) is 5.75 Å². The van der Waals surface area contributed by atoms with E-state index < -0.39 is 12.1 Å². The lowest BCUT2D eigenvalue weighted by atomic mass is 10.0. The molecule has 3 rings (SSSR count). The summed E-state index contributed by atoms with van der Waals surface area (Å²) in [5, 5.41) is 0. The van der Waals surface area contributed by atoms with Crippen molar-refractivity contribution in [1.29, 1.82) is 0 Å². The van der Waals surface area contributed by atoms with Gasteiger partial charge in [-0.15, -0.1) is 0 Å². The highest BCUT2D eigenvalue weighted by Crippen LogP contribution is 2.27. The van der Waals surface area contributed by atoms with Crippen molar-refractivity contribution in [2.45, 2.75) is 26.9 Å². The van der Waals surface area contributed by atoms with Crippen LogP contribution in [0.1, 0.15) is 33.9 Å². The standard InChI is InChI=1S/C23H23NO3/c1-16-13-17(2)22(18(3)14-16)26-15-21(25)27-23(19-7-5-4-6-8-19)20-9-11-24-12-10-20/h4-14,23H,15H2,1-3H3/t23-/m0/s1. The molecule has 138 valence electrons. The van der Waals surface area contributed by atoms with Gasteiger partial charge in [-0.3, -0.25) is 4.98 Å².